The first-order valence-corrected chi connectivity index (χ1v) is 10.9. The van der Waals surface area contributed by atoms with Crippen molar-refractivity contribution in [3.8, 4) is 11.5 Å². The van der Waals surface area contributed by atoms with E-state index in [0.717, 1.165) is 11.8 Å². The van der Waals surface area contributed by atoms with Crippen LogP contribution in [0, 0.1) is 0 Å². The topological polar surface area (TPSA) is 192 Å². The molecule has 0 bridgehead atoms. The van der Waals surface area contributed by atoms with Gasteiger partial charge in [0.2, 0.25) is 0 Å². The Bertz CT molecular complexity index is 1390. The third kappa shape index (κ3) is 6.20. The summed E-state index contributed by atoms with van der Waals surface area (Å²) >= 11 is 0. The normalized spacial score (nSPS) is 11.7. The van der Waals surface area contributed by atoms with Crippen molar-refractivity contribution in [3.63, 3.8) is 0 Å². The molecule has 0 radical (unpaired) electrons. The Morgan fingerprint density at radius 2 is 1.47 bits per heavy atom. The monoisotopic (exact) mass is 497 g/mol. The van der Waals surface area contributed by atoms with Gasteiger partial charge < -0.3 is 15.5 Å². The Morgan fingerprint density at radius 1 is 0.875 bits per heavy atom. The average molecular weight is 497 g/mol. The van der Waals surface area contributed by atoms with Crippen LogP contribution in [0.4, 0.5) is 17.1 Å². The quantitative estimate of drug-likeness (QED) is 0.179. The van der Waals surface area contributed by atoms with E-state index in [1.54, 1.807) is 19.2 Å². The Hall–Kier alpha value is -1.26. The van der Waals surface area contributed by atoms with Crippen molar-refractivity contribution in [3.05, 3.63) is 42.5 Å². The van der Waals surface area contributed by atoms with E-state index in [1.165, 1.54) is 12.1 Å². The third-order valence-corrected chi connectivity index (χ3v) is 5.76. The first-order valence-electron chi connectivity index (χ1n) is 8.05. The van der Waals surface area contributed by atoms with Crippen LogP contribution < -0.4 is 74.6 Å². The molecule has 0 amide bonds. The van der Waals surface area contributed by atoms with Gasteiger partial charge in [0.15, 0.2) is 0 Å². The summed E-state index contributed by atoms with van der Waals surface area (Å²) < 4.78 is 64.8. The second-order valence-corrected chi connectivity index (χ2v) is 8.83. The molecule has 0 aromatic heterocycles. The van der Waals surface area contributed by atoms with Gasteiger partial charge in [-0.15, -0.1) is 10.9 Å². The Balaban J connectivity index is 0.00000256. The minimum Gasteiger partial charge on any atom is -0.872 e. The molecule has 3 aromatic carbocycles. The van der Waals surface area contributed by atoms with Crippen LogP contribution in [0.25, 0.3) is 10.8 Å². The van der Waals surface area contributed by atoms with Crippen LogP contribution in [0.5, 0.6) is 11.5 Å². The molecule has 0 saturated carbocycles. The van der Waals surface area contributed by atoms with E-state index in [4.69, 9.17) is 4.55 Å². The van der Waals surface area contributed by atoms with E-state index < -0.39 is 58.0 Å². The Kier molecular flexibility index (Phi) is 9.69. The van der Waals surface area contributed by atoms with Gasteiger partial charge in [-0.2, -0.15) is 21.9 Å². The van der Waals surface area contributed by atoms with Crippen molar-refractivity contribution < 1.29 is 95.3 Å². The Labute approximate surface area is 227 Å². The maximum Gasteiger partial charge on any atom is 1.00 e. The second-order valence-electron chi connectivity index (χ2n) is 6.02. The fourth-order valence-corrected chi connectivity index (χ4v) is 3.84. The smallest absolute Gasteiger partial charge is 0.872 e. The molecule has 32 heavy (non-hydrogen) atoms. The molecule has 3 aromatic rings. The average Bonchev–Trinajstić information content (AvgIpc) is 2.65. The summed E-state index contributed by atoms with van der Waals surface area (Å²) in [6.07, 6.45) is 0. The van der Waals surface area contributed by atoms with E-state index >= 15 is 0 Å². The van der Waals surface area contributed by atoms with E-state index in [0.29, 0.717) is 12.1 Å². The number of nitrogens with one attached hydrogen (secondary N) is 1. The number of rotatable bonds is 5. The largest absolute Gasteiger partial charge is 1.00 e. The van der Waals surface area contributed by atoms with Crippen LogP contribution in [0.2, 0.25) is 0 Å². The van der Waals surface area contributed by atoms with Gasteiger partial charge in [0, 0.05) is 12.7 Å². The van der Waals surface area contributed by atoms with Crippen LogP contribution >= 0.6 is 0 Å². The van der Waals surface area contributed by atoms with Gasteiger partial charge >= 0.3 is 59.1 Å². The van der Waals surface area contributed by atoms with Gasteiger partial charge in [-0.05, 0) is 53.2 Å². The summed E-state index contributed by atoms with van der Waals surface area (Å²) in [5, 5.41) is 34.3. The number of nitrogens with zero attached hydrogens (tertiary/aromatic N) is 2. The molecule has 0 atom stereocenters. The Morgan fingerprint density at radius 3 is 1.97 bits per heavy atom. The van der Waals surface area contributed by atoms with Gasteiger partial charge in [-0.3, -0.25) is 9.11 Å². The van der Waals surface area contributed by atoms with Crippen molar-refractivity contribution in [1.82, 2.24) is 0 Å². The first kappa shape index (κ1) is 28.8. The predicted molar refractivity (Wildman–Crippen MR) is 103 cm³/mol. The number of benzene rings is 3. The zero-order valence-electron chi connectivity index (χ0n) is 17.1. The van der Waals surface area contributed by atoms with Gasteiger partial charge in [0.1, 0.15) is 4.90 Å². The SMILES string of the molecule is CNc1ccc(N=Nc2c(S(=O)(=O)O)cc3cc(S(=O)(=O)O)cc([O-])c3c2[O-])cc1.[Na+].[Na+]. The van der Waals surface area contributed by atoms with Crippen molar-refractivity contribution >= 4 is 48.1 Å². The van der Waals surface area contributed by atoms with Gasteiger partial charge in [0.05, 0.1) is 16.3 Å². The van der Waals surface area contributed by atoms with Crippen molar-refractivity contribution in [2.24, 2.45) is 10.2 Å². The molecule has 3 N–H and O–H groups in total. The third-order valence-electron chi connectivity index (χ3n) is 4.07. The van der Waals surface area contributed by atoms with Gasteiger partial charge in [-0.25, -0.2) is 0 Å². The fraction of sp³-hybridized carbons (Fsp3) is 0.0588. The minimum atomic E-state index is -5.00. The zero-order chi connectivity index (χ0) is 22.3. The standard InChI is InChI=1S/C17H15N3O8S2.2Na/c1-18-10-2-4-11(5-3-10)19-20-16-14(30(26,27)28)7-9-6-12(29(23,24)25)8-13(21)15(9)17(16)22;;/h2-8,18,21-22H,1H3,(H,23,24,25)(H,26,27,28);;/q;2*+1/p-2. The second kappa shape index (κ2) is 10.8. The maximum absolute atomic E-state index is 12.7. The van der Waals surface area contributed by atoms with Crippen LogP contribution in [0.1, 0.15) is 0 Å². The molecular weight excluding hydrogens is 484 g/mol. The summed E-state index contributed by atoms with van der Waals surface area (Å²) in [5.41, 5.74) is 0.187. The van der Waals surface area contributed by atoms with E-state index in [-0.39, 0.29) is 64.8 Å². The molecule has 0 saturated heterocycles. The number of fused-ring (bicyclic) bond motifs is 1. The van der Waals surface area contributed by atoms with Crippen LogP contribution in [0.3, 0.4) is 0 Å². The van der Waals surface area contributed by atoms with Crippen LogP contribution in [-0.2, 0) is 20.2 Å². The van der Waals surface area contributed by atoms with E-state index in [1.807, 2.05) is 0 Å². The molecule has 0 heterocycles. The number of hydrogen-bond acceptors (Lipinski definition) is 9. The van der Waals surface area contributed by atoms with Crippen molar-refractivity contribution in [2.45, 2.75) is 9.79 Å². The molecule has 0 unspecified atom stereocenters. The molecular formula is C17H13N3Na2O8S2. The maximum atomic E-state index is 12.7. The fourth-order valence-electron chi connectivity index (χ4n) is 2.65. The summed E-state index contributed by atoms with van der Waals surface area (Å²) in [6, 6.07) is 8.28. The summed E-state index contributed by atoms with van der Waals surface area (Å²) in [7, 11) is -8.11. The van der Waals surface area contributed by atoms with E-state index in [9.17, 15) is 31.6 Å². The first-order chi connectivity index (χ1) is 13.9. The van der Waals surface area contributed by atoms with Crippen LogP contribution in [0.15, 0.2) is 62.5 Å². The molecule has 0 spiro atoms. The molecule has 3 rings (SSSR count). The van der Waals surface area contributed by atoms with Crippen molar-refractivity contribution in [1.29, 1.82) is 0 Å². The molecule has 15 heteroatoms. The minimum absolute atomic E-state index is 0. The summed E-state index contributed by atoms with van der Waals surface area (Å²) in [6.45, 7) is 0. The molecule has 0 aliphatic carbocycles. The van der Waals surface area contributed by atoms with Gasteiger partial charge in [-0.1, -0.05) is 5.75 Å². The molecule has 0 aliphatic rings. The molecule has 0 aliphatic heterocycles. The molecule has 158 valence electrons. The predicted octanol–water partition coefficient (Wildman–Crippen LogP) is -4.05. The summed E-state index contributed by atoms with van der Waals surface area (Å²) in [5.74, 6) is -2.26. The van der Waals surface area contributed by atoms with Crippen LogP contribution in [-0.4, -0.2) is 33.0 Å². The number of hydrogen-bond donors (Lipinski definition) is 3. The van der Waals surface area contributed by atoms with E-state index in [2.05, 4.69) is 15.5 Å². The summed E-state index contributed by atoms with van der Waals surface area (Å²) in [4.78, 5) is -1.80. The molecule has 11 nitrogen and oxygen atoms in total. The zero-order valence-corrected chi connectivity index (χ0v) is 22.7. The van der Waals surface area contributed by atoms with Gasteiger partial charge in [0.25, 0.3) is 20.2 Å². The number of anilines is 1. The molecule has 0 fully saturated rings. The van der Waals surface area contributed by atoms with Crippen molar-refractivity contribution in [2.75, 3.05) is 12.4 Å². The number of azo groups is 1.